The number of nitrogens with zero attached hydrogens (tertiary/aromatic N) is 2. The molecule has 3 atom stereocenters. The zero-order valence-electron chi connectivity index (χ0n) is 24.1. The summed E-state index contributed by atoms with van der Waals surface area (Å²) < 4.78 is 5.39. The molecule has 9 nitrogen and oxygen atoms in total. The number of ether oxygens (including phenoxy) is 1. The van der Waals surface area contributed by atoms with Gasteiger partial charge in [-0.25, -0.2) is 4.79 Å². The van der Waals surface area contributed by atoms with E-state index in [9.17, 15) is 24.8 Å². The smallest absolute Gasteiger partial charge is 0.408 e. The molecule has 9 heteroatoms. The molecule has 2 aromatic carbocycles. The summed E-state index contributed by atoms with van der Waals surface area (Å²) in [6, 6.07) is 9.95. The van der Waals surface area contributed by atoms with E-state index in [0.29, 0.717) is 23.2 Å². The van der Waals surface area contributed by atoms with Crippen LogP contribution in [0.15, 0.2) is 36.4 Å². The number of para-hydroxylation sites is 1. The first-order chi connectivity index (χ1) is 18.2. The molecule has 210 valence electrons. The van der Waals surface area contributed by atoms with Crippen LogP contribution >= 0.6 is 0 Å². The summed E-state index contributed by atoms with van der Waals surface area (Å²) in [5.74, 6) is -1.41. The number of aromatic hydroxyl groups is 1. The van der Waals surface area contributed by atoms with Crippen LogP contribution in [0.1, 0.15) is 69.3 Å². The molecule has 2 aromatic rings. The first kappa shape index (κ1) is 31.2. The van der Waals surface area contributed by atoms with Crippen molar-refractivity contribution in [3.8, 4) is 11.8 Å². The number of alkyl carbamates (subject to hydrolysis) is 1. The van der Waals surface area contributed by atoms with Crippen LogP contribution in [-0.4, -0.2) is 46.1 Å². The Morgan fingerprint density at radius 2 is 1.69 bits per heavy atom. The molecule has 0 aromatic heterocycles. The molecule has 0 saturated heterocycles. The summed E-state index contributed by atoms with van der Waals surface area (Å²) in [6.45, 7) is 13.8. The molecule has 0 aliphatic rings. The maximum absolute atomic E-state index is 14.1. The molecular weight excluding hydrogens is 496 g/mol. The Morgan fingerprint density at radius 3 is 2.21 bits per heavy atom. The lowest BCUT2D eigenvalue weighted by Gasteiger charge is -2.35. The fraction of sp³-hybridized carbons (Fsp3) is 0.467. The number of carbonyl (C=O) groups is 3. The molecule has 3 amide bonds. The fourth-order valence-corrected chi connectivity index (χ4v) is 4.19. The van der Waals surface area contributed by atoms with Gasteiger partial charge in [-0.3, -0.25) is 9.59 Å². The Kier molecular flexibility index (Phi) is 10.5. The van der Waals surface area contributed by atoms with Gasteiger partial charge in [0, 0.05) is 5.69 Å². The van der Waals surface area contributed by atoms with Gasteiger partial charge in [0.25, 0.3) is 5.91 Å². The molecule has 2 rings (SSSR count). The number of benzene rings is 2. The highest BCUT2D eigenvalue weighted by atomic mass is 16.6. The molecule has 0 bridgehead atoms. The van der Waals surface area contributed by atoms with Crippen LogP contribution in [0, 0.1) is 38.0 Å². The summed E-state index contributed by atoms with van der Waals surface area (Å²) in [5.41, 5.74) is 2.43. The maximum Gasteiger partial charge on any atom is 0.408 e. The summed E-state index contributed by atoms with van der Waals surface area (Å²) in [4.78, 5) is 41.8. The first-order valence-electron chi connectivity index (χ1n) is 13.0. The van der Waals surface area contributed by atoms with Gasteiger partial charge in [0.15, 0.2) is 0 Å². The molecule has 0 spiro atoms. The standard InChI is InChI=1S/C30H40N4O5/c1-9-18(2)25(33-29(38)39-30(6,7)8)28(37)34(16-15-31)26(22-13-14-23(35)21(5)17-22)27(36)32-24-19(3)11-10-12-20(24)4/h10-14,17-18,25-26,35H,9,16H2,1-8H3,(H,32,36)(H,33,38). The third-order valence-corrected chi connectivity index (χ3v) is 6.50. The lowest BCUT2D eigenvalue weighted by atomic mass is 9.95. The minimum absolute atomic E-state index is 0.0369. The van der Waals surface area contributed by atoms with Crippen molar-refractivity contribution >= 4 is 23.6 Å². The Morgan fingerprint density at radius 1 is 1.08 bits per heavy atom. The fourth-order valence-electron chi connectivity index (χ4n) is 4.19. The number of nitrogens with one attached hydrogen (secondary N) is 2. The van der Waals surface area contributed by atoms with Gasteiger partial charge in [0.1, 0.15) is 30.0 Å². The van der Waals surface area contributed by atoms with Crippen LogP contribution < -0.4 is 10.6 Å². The van der Waals surface area contributed by atoms with Gasteiger partial charge in [-0.1, -0.05) is 44.5 Å². The monoisotopic (exact) mass is 536 g/mol. The van der Waals surface area contributed by atoms with Crippen LogP contribution in [0.5, 0.6) is 5.75 Å². The molecule has 0 aliphatic heterocycles. The predicted octanol–water partition coefficient (Wildman–Crippen LogP) is 5.29. The lowest BCUT2D eigenvalue weighted by Crippen LogP contribution is -2.54. The zero-order valence-corrected chi connectivity index (χ0v) is 24.1. The average Bonchev–Trinajstić information content (AvgIpc) is 2.84. The van der Waals surface area contributed by atoms with Crippen molar-refractivity contribution < 1.29 is 24.2 Å². The summed E-state index contributed by atoms with van der Waals surface area (Å²) in [7, 11) is 0. The molecule has 0 aliphatic carbocycles. The molecule has 0 radical (unpaired) electrons. The van der Waals surface area contributed by atoms with Gasteiger partial charge >= 0.3 is 6.09 Å². The summed E-state index contributed by atoms with van der Waals surface area (Å²) >= 11 is 0. The van der Waals surface area contributed by atoms with E-state index in [0.717, 1.165) is 11.1 Å². The van der Waals surface area contributed by atoms with Gasteiger partial charge in [-0.15, -0.1) is 0 Å². The minimum atomic E-state index is -1.22. The number of amides is 3. The van der Waals surface area contributed by atoms with Crippen molar-refractivity contribution in [2.75, 3.05) is 11.9 Å². The highest BCUT2D eigenvalue weighted by Crippen LogP contribution is 2.30. The average molecular weight is 537 g/mol. The van der Waals surface area contributed by atoms with Crippen molar-refractivity contribution in [3.63, 3.8) is 0 Å². The summed E-state index contributed by atoms with van der Waals surface area (Å²) in [5, 5.41) is 25.4. The normalized spacial score (nSPS) is 13.4. The second-order valence-electron chi connectivity index (χ2n) is 10.8. The highest BCUT2D eigenvalue weighted by molar-refractivity contribution is 6.00. The molecule has 39 heavy (non-hydrogen) atoms. The third-order valence-electron chi connectivity index (χ3n) is 6.50. The maximum atomic E-state index is 14.1. The molecular formula is C30H40N4O5. The molecule has 3 N–H and O–H groups in total. The molecule has 0 heterocycles. The van der Waals surface area contributed by atoms with Gasteiger partial charge in [0.2, 0.25) is 5.91 Å². The second kappa shape index (κ2) is 13.1. The van der Waals surface area contributed by atoms with E-state index < -0.39 is 42.1 Å². The largest absolute Gasteiger partial charge is 0.508 e. The van der Waals surface area contributed by atoms with Crippen LogP contribution in [0.2, 0.25) is 0 Å². The van der Waals surface area contributed by atoms with Crippen molar-refractivity contribution in [1.29, 1.82) is 5.26 Å². The molecule has 3 unspecified atom stereocenters. The lowest BCUT2D eigenvalue weighted by molar-refractivity contribution is -0.141. The predicted molar refractivity (Wildman–Crippen MR) is 150 cm³/mol. The van der Waals surface area contributed by atoms with E-state index >= 15 is 0 Å². The van der Waals surface area contributed by atoms with E-state index in [-0.39, 0.29) is 11.7 Å². The van der Waals surface area contributed by atoms with Crippen LogP contribution in [-0.2, 0) is 14.3 Å². The number of rotatable bonds is 9. The SMILES string of the molecule is CCC(C)C(NC(=O)OC(C)(C)C)C(=O)N(CC#N)C(C(=O)Nc1c(C)cccc1C)c1ccc(O)c(C)c1. The number of phenolic OH excluding ortho intramolecular Hbond substituents is 1. The van der Waals surface area contributed by atoms with Crippen molar-refractivity contribution in [2.45, 2.75) is 79.5 Å². The number of carbonyl (C=O) groups excluding carboxylic acids is 3. The van der Waals surface area contributed by atoms with E-state index in [2.05, 4.69) is 10.6 Å². The number of phenols is 1. The number of nitriles is 1. The van der Waals surface area contributed by atoms with Gasteiger partial charge in [0.05, 0.1) is 6.07 Å². The second-order valence-corrected chi connectivity index (χ2v) is 10.8. The minimum Gasteiger partial charge on any atom is -0.508 e. The third kappa shape index (κ3) is 8.21. The highest BCUT2D eigenvalue weighted by Gasteiger charge is 2.38. The van der Waals surface area contributed by atoms with E-state index in [4.69, 9.17) is 4.74 Å². The Bertz CT molecular complexity index is 1220. The Balaban J connectivity index is 2.61. The number of aryl methyl sites for hydroxylation is 3. The van der Waals surface area contributed by atoms with Crippen molar-refractivity contribution in [2.24, 2.45) is 5.92 Å². The van der Waals surface area contributed by atoms with Crippen molar-refractivity contribution in [1.82, 2.24) is 10.2 Å². The van der Waals surface area contributed by atoms with Gasteiger partial charge < -0.3 is 25.4 Å². The topological polar surface area (TPSA) is 132 Å². The molecule has 0 fully saturated rings. The Labute approximate surface area is 231 Å². The number of anilines is 1. The Hall–Kier alpha value is -4.06. The van der Waals surface area contributed by atoms with Crippen LogP contribution in [0.3, 0.4) is 0 Å². The number of hydrogen-bond acceptors (Lipinski definition) is 6. The van der Waals surface area contributed by atoms with Crippen LogP contribution in [0.25, 0.3) is 0 Å². The van der Waals surface area contributed by atoms with E-state index in [1.807, 2.05) is 45.0 Å². The van der Waals surface area contributed by atoms with Crippen molar-refractivity contribution in [3.05, 3.63) is 58.7 Å². The quantitative estimate of drug-likeness (QED) is 0.373. The zero-order chi connectivity index (χ0) is 29.5. The summed E-state index contributed by atoms with van der Waals surface area (Å²) in [6.07, 6.45) is -0.223. The van der Waals surface area contributed by atoms with E-state index in [1.165, 1.54) is 11.0 Å². The van der Waals surface area contributed by atoms with E-state index in [1.54, 1.807) is 46.8 Å². The van der Waals surface area contributed by atoms with Gasteiger partial charge in [-0.2, -0.15) is 5.26 Å². The molecule has 0 saturated carbocycles. The first-order valence-corrected chi connectivity index (χ1v) is 13.0. The van der Waals surface area contributed by atoms with Gasteiger partial charge in [-0.05, 0) is 81.8 Å². The number of hydrogen-bond donors (Lipinski definition) is 3. The van der Waals surface area contributed by atoms with Crippen LogP contribution in [0.4, 0.5) is 10.5 Å².